The highest BCUT2D eigenvalue weighted by Gasteiger charge is 2.16. The van der Waals surface area contributed by atoms with E-state index in [1.54, 1.807) is 6.07 Å². The molecule has 0 aliphatic rings. The number of rotatable bonds is 4. The fourth-order valence-corrected chi connectivity index (χ4v) is 3.23. The maximum Gasteiger partial charge on any atom is 0.439 e. The number of carbonyl (C=O) groups is 1. The molecule has 0 aliphatic carbocycles. The van der Waals surface area contributed by atoms with Gasteiger partial charge in [0.25, 0.3) is 5.91 Å². The van der Waals surface area contributed by atoms with Gasteiger partial charge in [-0.2, -0.15) is 0 Å². The summed E-state index contributed by atoms with van der Waals surface area (Å²) in [7, 11) is 0. The van der Waals surface area contributed by atoms with Crippen LogP contribution in [0.15, 0.2) is 38.5 Å². The van der Waals surface area contributed by atoms with Gasteiger partial charge in [-0.05, 0) is 34.5 Å². The highest BCUT2D eigenvalue weighted by molar-refractivity contribution is 7.80. The lowest BCUT2D eigenvalue weighted by Crippen LogP contribution is -2.15. The van der Waals surface area contributed by atoms with Gasteiger partial charge in [0.1, 0.15) is 5.75 Å². The van der Waals surface area contributed by atoms with Crippen molar-refractivity contribution < 1.29 is 14.4 Å². The SMILES string of the molecule is Nc1c(O)ccc(Cc2c(Cl)cc(NC(=O)c3noc(=O)[nH]3)cc2Cl)c1S. The van der Waals surface area contributed by atoms with Gasteiger partial charge in [0.15, 0.2) is 0 Å². The van der Waals surface area contributed by atoms with E-state index in [0.29, 0.717) is 32.6 Å². The van der Waals surface area contributed by atoms with Crippen LogP contribution < -0.4 is 16.8 Å². The smallest absolute Gasteiger partial charge is 0.439 e. The number of nitrogens with two attached hydrogens (primary N) is 1. The summed E-state index contributed by atoms with van der Waals surface area (Å²) in [4.78, 5) is 25.5. The van der Waals surface area contributed by atoms with Crippen molar-refractivity contribution in [3.8, 4) is 5.75 Å². The van der Waals surface area contributed by atoms with E-state index >= 15 is 0 Å². The van der Waals surface area contributed by atoms with Crippen molar-refractivity contribution >= 4 is 53.1 Å². The first-order valence-electron chi connectivity index (χ1n) is 7.40. The lowest BCUT2D eigenvalue weighted by atomic mass is 10.0. The van der Waals surface area contributed by atoms with Crippen molar-refractivity contribution in [2.45, 2.75) is 11.3 Å². The molecule has 1 aromatic heterocycles. The quantitative estimate of drug-likeness (QED) is 0.247. The van der Waals surface area contributed by atoms with Crippen molar-refractivity contribution in [2.24, 2.45) is 0 Å². The van der Waals surface area contributed by atoms with Crippen molar-refractivity contribution in [1.82, 2.24) is 10.1 Å². The average Bonchev–Trinajstić information content (AvgIpc) is 3.04. The Bertz CT molecular complexity index is 1070. The molecule has 0 unspecified atom stereocenters. The second-order valence-electron chi connectivity index (χ2n) is 5.50. The van der Waals surface area contributed by atoms with Gasteiger partial charge in [-0.25, -0.2) is 4.79 Å². The Hall–Kier alpha value is -2.62. The van der Waals surface area contributed by atoms with Crippen molar-refractivity contribution in [1.29, 1.82) is 0 Å². The molecule has 0 aliphatic heterocycles. The molecule has 0 fully saturated rings. The lowest BCUT2D eigenvalue weighted by Gasteiger charge is -2.13. The standard InChI is InChI=1S/C16H12Cl2N4O4S/c17-9-4-7(20-15(24)14-21-16(25)26-22-14)5-10(18)8(9)3-6-1-2-11(23)12(19)13(6)27/h1-2,4-5,23,27H,3,19H2,(H,20,24)(H,21,22,25). The Labute approximate surface area is 167 Å². The van der Waals surface area contributed by atoms with Crippen LogP contribution in [-0.4, -0.2) is 21.2 Å². The number of phenols is 1. The first kappa shape index (κ1) is 19.2. The third-order valence-electron chi connectivity index (χ3n) is 3.70. The molecule has 0 radical (unpaired) electrons. The number of H-pyrrole nitrogens is 1. The van der Waals surface area contributed by atoms with Crippen LogP contribution in [-0.2, 0) is 6.42 Å². The second-order valence-corrected chi connectivity index (χ2v) is 6.76. The number of hydrogen-bond acceptors (Lipinski definition) is 7. The first-order valence-corrected chi connectivity index (χ1v) is 8.61. The first-order chi connectivity index (χ1) is 12.8. The van der Waals surface area contributed by atoms with E-state index in [9.17, 15) is 14.7 Å². The van der Waals surface area contributed by atoms with E-state index in [0.717, 1.165) is 5.56 Å². The number of aromatic nitrogens is 2. The summed E-state index contributed by atoms with van der Waals surface area (Å²) >= 11 is 16.9. The second kappa shape index (κ2) is 7.55. The topological polar surface area (TPSA) is 134 Å². The van der Waals surface area contributed by atoms with Crippen molar-refractivity contribution in [3.63, 3.8) is 0 Å². The van der Waals surface area contributed by atoms with Gasteiger partial charge >= 0.3 is 5.76 Å². The number of halogens is 2. The zero-order valence-corrected chi connectivity index (χ0v) is 15.8. The van der Waals surface area contributed by atoms with Gasteiger partial charge in [-0.1, -0.05) is 29.3 Å². The number of nitrogens with one attached hydrogen (secondary N) is 2. The minimum absolute atomic E-state index is 0.0649. The molecule has 3 rings (SSSR count). The maximum absolute atomic E-state index is 12.0. The molecular formula is C16H12Cl2N4O4S. The predicted octanol–water partition coefficient (Wildman–Crippen LogP) is 3.09. The summed E-state index contributed by atoms with van der Waals surface area (Å²) < 4.78 is 4.28. The number of carbonyl (C=O) groups excluding carboxylic acids is 1. The van der Waals surface area contributed by atoms with Gasteiger partial charge in [0.05, 0.1) is 5.69 Å². The van der Waals surface area contributed by atoms with Crippen LogP contribution in [0, 0.1) is 0 Å². The lowest BCUT2D eigenvalue weighted by molar-refractivity contribution is 0.101. The number of hydrogen-bond donors (Lipinski definition) is 5. The van der Waals surface area contributed by atoms with Crippen LogP contribution in [0.3, 0.4) is 0 Å². The summed E-state index contributed by atoms with van der Waals surface area (Å²) in [6.45, 7) is 0. The maximum atomic E-state index is 12.0. The van der Waals surface area contributed by atoms with Gasteiger partial charge in [0, 0.05) is 27.0 Å². The van der Waals surface area contributed by atoms with Gasteiger partial charge in [-0.3, -0.25) is 14.3 Å². The van der Waals surface area contributed by atoms with E-state index in [1.807, 2.05) is 0 Å². The number of aromatic amines is 1. The van der Waals surface area contributed by atoms with Gasteiger partial charge in [-0.15, -0.1) is 12.6 Å². The monoisotopic (exact) mass is 426 g/mol. The van der Waals surface area contributed by atoms with E-state index in [-0.39, 0.29) is 17.3 Å². The molecule has 0 spiro atoms. The molecule has 5 N–H and O–H groups in total. The molecule has 0 atom stereocenters. The summed E-state index contributed by atoms with van der Waals surface area (Å²) in [6.07, 6.45) is 0.311. The number of anilines is 2. The predicted molar refractivity (Wildman–Crippen MR) is 104 cm³/mol. The molecule has 3 aromatic rings. The molecule has 2 aromatic carbocycles. The third-order valence-corrected chi connectivity index (χ3v) is 4.90. The summed E-state index contributed by atoms with van der Waals surface area (Å²) in [6, 6.07) is 6.12. The average molecular weight is 427 g/mol. The minimum Gasteiger partial charge on any atom is -0.506 e. The van der Waals surface area contributed by atoms with Crippen LogP contribution in [0.4, 0.5) is 11.4 Å². The Morgan fingerprint density at radius 2 is 2.00 bits per heavy atom. The fraction of sp³-hybridized carbons (Fsp3) is 0.0625. The van der Waals surface area contributed by atoms with E-state index in [4.69, 9.17) is 28.9 Å². The zero-order valence-electron chi connectivity index (χ0n) is 13.4. The molecular weight excluding hydrogens is 415 g/mol. The van der Waals surface area contributed by atoms with Crippen LogP contribution >= 0.6 is 35.8 Å². The van der Waals surface area contributed by atoms with Gasteiger partial charge in [0.2, 0.25) is 5.82 Å². The molecule has 0 saturated heterocycles. The summed E-state index contributed by atoms with van der Waals surface area (Å²) in [5.41, 5.74) is 7.54. The zero-order chi connectivity index (χ0) is 19.7. The highest BCUT2D eigenvalue weighted by Crippen LogP contribution is 2.35. The van der Waals surface area contributed by atoms with Crippen molar-refractivity contribution in [2.75, 3.05) is 11.1 Å². The number of nitrogen functional groups attached to an aromatic ring is 1. The molecule has 0 saturated carbocycles. The molecule has 8 nitrogen and oxygen atoms in total. The van der Waals surface area contributed by atoms with Crippen molar-refractivity contribution in [3.05, 3.63) is 61.8 Å². The minimum atomic E-state index is -0.845. The number of nitrogens with zero attached hydrogens (tertiary/aromatic N) is 1. The van der Waals surface area contributed by atoms with Crippen LogP contribution in [0.2, 0.25) is 10.0 Å². The molecule has 27 heavy (non-hydrogen) atoms. The normalized spacial score (nSPS) is 10.8. The Morgan fingerprint density at radius 3 is 2.59 bits per heavy atom. The van der Waals surface area contributed by atoms with E-state index in [2.05, 4.69) is 32.6 Å². The molecule has 1 heterocycles. The molecule has 11 heteroatoms. The van der Waals surface area contributed by atoms with Gasteiger partial charge < -0.3 is 16.2 Å². The van der Waals surface area contributed by atoms with Crippen LogP contribution in [0.5, 0.6) is 5.75 Å². The fourth-order valence-electron chi connectivity index (χ4n) is 2.34. The Kier molecular flexibility index (Phi) is 5.36. The van der Waals surface area contributed by atoms with Crippen LogP contribution in [0.25, 0.3) is 0 Å². The summed E-state index contributed by atoms with van der Waals surface area (Å²) in [5, 5.41) is 16.0. The van der Waals surface area contributed by atoms with Crippen LogP contribution in [0.1, 0.15) is 21.7 Å². The number of thiol groups is 1. The third kappa shape index (κ3) is 4.05. The number of aromatic hydroxyl groups is 1. The largest absolute Gasteiger partial charge is 0.506 e. The van der Waals surface area contributed by atoms with E-state index < -0.39 is 11.7 Å². The number of phenolic OH excluding ortho intramolecular Hbond substituents is 1. The molecule has 0 bridgehead atoms. The number of amides is 1. The Balaban J connectivity index is 1.86. The van der Waals surface area contributed by atoms with E-state index in [1.165, 1.54) is 18.2 Å². The molecule has 140 valence electrons. The summed E-state index contributed by atoms with van der Waals surface area (Å²) in [5.74, 6) is -1.88. The Morgan fingerprint density at radius 1 is 1.33 bits per heavy atom. The number of benzene rings is 2. The molecule has 1 amide bonds. The highest BCUT2D eigenvalue weighted by atomic mass is 35.5.